The van der Waals surface area contributed by atoms with Crippen molar-refractivity contribution in [1.82, 2.24) is 9.97 Å². The number of aromatic nitrogens is 2. The van der Waals surface area contributed by atoms with E-state index < -0.39 is 0 Å². The average Bonchev–Trinajstić information content (AvgIpc) is 2.99. The summed E-state index contributed by atoms with van der Waals surface area (Å²) in [6.07, 6.45) is 4.68. The van der Waals surface area contributed by atoms with Gasteiger partial charge in [-0.2, -0.15) is 0 Å². The van der Waals surface area contributed by atoms with Crippen LogP contribution in [0.3, 0.4) is 0 Å². The molecular formula is C20H19ClN2O3S. The molecule has 0 aliphatic heterocycles. The number of fused-ring (bicyclic) bond motifs is 3. The average molecular weight is 403 g/mol. The maximum absolute atomic E-state index is 12.7. The first-order valence-corrected chi connectivity index (χ1v) is 9.95. The fraction of sp³-hybridized carbons (Fsp3) is 0.300. The number of H-pyrrole nitrogens is 1. The van der Waals surface area contributed by atoms with Crippen LogP contribution in [0.25, 0.3) is 21.3 Å². The van der Waals surface area contributed by atoms with Crippen LogP contribution in [0.4, 0.5) is 0 Å². The summed E-state index contributed by atoms with van der Waals surface area (Å²) >= 11 is 8.00. The summed E-state index contributed by atoms with van der Waals surface area (Å²) < 4.78 is 5.04. The highest BCUT2D eigenvalue weighted by atomic mass is 35.5. The summed E-state index contributed by atoms with van der Waals surface area (Å²) in [5.74, 6) is 1.37. The molecule has 4 rings (SSSR count). The van der Waals surface area contributed by atoms with E-state index in [0.29, 0.717) is 33.5 Å². The molecule has 0 spiro atoms. The number of phenols is 1. The summed E-state index contributed by atoms with van der Waals surface area (Å²) in [6, 6.07) is 4.96. The molecule has 0 saturated heterocycles. The number of hydrogen-bond donors (Lipinski definition) is 2. The summed E-state index contributed by atoms with van der Waals surface area (Å²) in [5.41, 5.74) is 1.68. The molecule has 27 heavy (non-hydrogen) atoms. The van der Waals surface area contributed by atoms with Crippen molar-refractivity contribution >= 4 is 44.3 Å². The van der Waals surface area contributed by atoms with Crippen molar-refractivity contribution in [3.63, 3.8) is 0 Å². The van der Waals surface area contributed by atoms with Gasteiger partial charge in [-0.25, -0.2) is 4.98 Å². The Morgan fingerprint density at radius 3 is 3.04 bits per heavy atom. The zero-order chi connectivity index (χ0) is 19.1. The number of halogens is 1. The number of aryl methyl sites for hydroxylation is 1. The summed E-state index contributed by atoms with van der Waals surface area (Å²) in [6.45, 7) is 2.24. The number of phenolic OH excluding ortho intramolecular Hbond substituents is 1. The van der Waals surface area contributed by atoms with Crippen molar-refractivity contribution in [2.75, 3.05) is 7.11 Å². The lowest BCUT2D eigenvalue weighted by atomic mass is 9.89. The van der Waals surface area contributed by atoms with Crippen molar-refractivity contribution in [3.8, 4) is 11.5 Å². The topological polar surface area (TPSA) is 75.2 Å². The molecule has 0 fully saturated rings. The molecule has 0 saturated carbocycles. The highest BCUT2D eigenvalue weighted by Crippen LogP contribution is 2.36. The molecule has 3 aromatic rings. The normalized spacial score (nSPS) is 17.1. The fourth-order valence-corrected chi connectivity index (χ4v) is 5.07. The predicted molar refractivity (Wildman–Crippen MR) is 110 cm³/mol. The number of ether oxygens (including phenoxy) is 1. The zero-order valence-corrected chi connectivity index (χ0v) is 16.6. The number of benzene rings is 1. The molecule has 1 aliphatic carbocycles. The number of methoxy groups -OCH3 is 1. The van der Waals surface area contributed by atoms with Gasteiger partial charge >= 0.3 is 0 Å². The number of nitrogens with one attached hydrogen (secondary N) is 1. The van der Waals surface area contributed by atoms with Crippen LogP contribution >= 0.6 is 22.9 Å². The third kappa shape index (κ3) is 3.35. The van der Waals surface area contributed by atoms with Gasteiger partial charge in [-0.15, -0.1) is 11.3 Å². The maximum Gasteiger partial charge on any atom is 0.260 e. The Hall–Kier alpha value is -2.31. The lowest BCUT2D eigenvalue weighted by Gasteiger charge is -2.17. The Morgan fingerprint density at radius 1 is 1.48 bits per heavy atom. The van der Waals surface area contributed by atoms with E-state index in [9.17, 15) is 9.90 Å². The number of nitrogens with zero attached hydrogens (tertiary/aromatic N) is 1. The minimum absolute atomic E-state index is 0.0210. The second kappa shape index (κ2) is 7.02. The van der Waals surface area contributed by atoms with Gasteiger partial charge in [-0.1, -0.05) is 24.6 Å². The molecule has 0 bridgehead atoms. The maximum atomic E-state index is 12.7. The van der Waals surface area contributed by atoms with Gasteiger partial charge in [0.05, 0.1) is 17.5 Å². The summed E-state index contributed by atoms with van der Waals surface area (Å²) in [7, 11) is 1.49. The molecule has 0 unspecified atom stereocenters. The van der Waals surface area contributed by atoms with Crippen LogP contribution < -0.4 is 10.3 Å². The van der Waals surface area contributed by atoms with Gasteiger partial charge in [0.15, 0.2) is 17.3 Å². The lowest BCUT2D eigenvalue weighted by molar-refractivity contribution is 0.373. The second-order valence-corrected chi connectivity index (χ2v) is 8.36. The smallest absolute Gasteiger partial charge is 0.260 e. The van der Waals surface area contributed by atoms with Gasteiger partial charge < -0.3 is 14.8 Å². The van der Waals surface area contributed by atoms with E-state index in [1.165, 1.54) is 12.0 Å². The molecule has 0 amide bonds. The fourth-order valence-electron chi connectivity index (χ4n) is 3.47. The van der Waals surface area contributed by atoms with Gasteiger partial charge in [-0.05, 0) is 54.5 Å². The first-order chi connectivity index (χ1) is 13.0. The molecule has 2 aromatic heterocycles. The van der Waals surface area contributed by atoms with E-state index in [0.717, 1.165) is 29.7 Å². The van der Waals surface area contributed by atoms with Crippen molar-refractivity contribution in [1.29, 1.82) is 0 Å². The Bertz CT molecular complexity index is 1120. The molecule has 1 atom stereocenters. The molecule has 140 valence electrons. The molecule has 7 heteroatoms. The lowest BCUT2D eigenvalue weighted by Crippen LogP contribution is -2.14. The first-order valence-electron chi connectivity index (χ1n) is 8.75. The Kier molecular flexibility index (Phi) is 4.70. The number of aromatic hydroxyl groups is 1. The van der Waals surface area contributed by atoms with E-state index in [1.807, 2.05) is 0 Å². The number of rotatable bonds is 3. The van der Waals surface area contributed by atoms with E-state index >= 15 is 0 Å². The third-order valence-corrected chi connectivity index (χ3v) is 6.32. The van der Waals surface area contributed by atoms with Crippen LogP contribution in [0.1, 0.15) is 35.2 Å². The molecule has 1 aromatic carbocycles. The second-order valence-electron chi connectivity index (χ2n) is 6.87. The van der Waals surface area contributed by atoms with Crippen LogP contribution in [-0.2, 0) is 12.8 Å². The van der Waals surface area contributed by atoms with Crippen molar-refractivity contribution < 1.29 is 9.84 Å². The molecule has 0 radical (unpaired) electrons. The summed E-state index contributed by atoms with van der Waals surface area (Å²) in [4.78, 5) is 22.1. The van der Waals surface area contributed by atoms with Crippen molar-refractivity contribution in [3.05, 3.63) is 50.4 Å². The van der Waals surface area contributed by atoms with Crippen LogP contribution in [-0.4, -0.2) is 22.2 Å². The zero-order valence-electron chi connectivity index (χ0n) is 15.0. The highest BCUT2D eigenvalue weighted by molar-refractivity contribution is 7.18. The Balaban J connectivity index is 1.75. The van der Waals surface area contributed by atoms with E-state index in [2.05, 4.69) is 16.9 Å². The van der Waals surface area contributed by atoms with Gasteiger partial charge in [0.1, 0.15) is 4.83 Å². The molecule has 2 N–H and O–H groups in total. The molecule has 2 heterocycles. The summed E-state index contributed by atoms with van der Waals surface area (Å²) in [5, 5.41) is 10.9. The van der Waals surface area contributed by atoms with Crippen LogP contribution in [0.5, 0.6) is 11.5 Å². The third-order valence-electron chi connectivity index (χ3n) is 4.89. The van der Waals surface area contributed by atoms with E-state index in [-0.39, 0.29) is 11.3 Å². The quantitative estimate of drug-likeness (QED) is 0.673. The minimum atomic E-state index is -0.147. The van der Waals surface area contributed by atoms with Gasteiger partial charge in [0, 0.05) is 4.88 Å². The number of thiophene rings is 1. The minimum Gasteiger partial charge on any atom is -0.504 e. The molecule has 1 aliphatic rings. The first kappa shape index (κ1) is 18.1. The van der Waals surface area contributed by atoms with Crippen LogP contribution in [0, 0.1) is 5.92 Å². The number of aromatic amines is 1. The van der Waals surface area contributed by atoms with E-state index in [4.69, 9.17) is 16.3 Å². The standard InChI is InChI=1S/C20H19ClN2O3S/c1-10-3-5-12-16(7-10)27-20-17(12)19(25)22-18(23-20)13(21)8-11-4-6-15(26-2)14(24)9-11/h4,6,8-10,24H,3,5,7H2,1-2H3,(H,22,23,25)/b13-8-/t10-/m0/s1. The Morgan fingerprint density at radius 2 is 2.30 bits per heavy atom. The number of hydrogen-bond acceptors (Lipinski definition) is 5. The van der Waals surface area contributed by atoms with E-state index in [1.54, 1.807) is 35.6 Å². The molecule has 5 nitrogen and oxygen atoms in total. The van der Waals surface area contributed by atoms with Crippen molar-refractivity contribution in [2.45, 2.75) is 26.2 Å². The van der Waals surface area contributed by atoms with Crippen molar-refractivity contribution in [2.24, 2.45) is 5.92 Å². The van der Waals surface area contributed by atoms with Gasteiger partial charge in [0.25, 0.3) is 5.56 Å². The highest BCUT2D eigenvalue weighted by Gasteiger charge is 2.23. The van der Waals surface area contributed by atoms with Gasteiger partial charge in [0.2, 0.25) is 0 Å². The monoisotopic (exact) mass is 402 g/mol. The SMILES string of the molecule is COc1ccc(/C=C(\Cl)c2nc3sc4c(c3c(=O)[nH]2)CC[C@H](C)C4)cc1O. The van der Waals surface area contributed by atoms with Gasteiger partial charge in [-0.3, -0.25) is 4.79 Å². The molecular weight excluding hydrogens is 384 g/mol. The Labute approximate surface area is 165 Å². The largest absolute Gasteiger partial charge is 0.504 e. The predicted octanol–water partition coefficient (Wildman–Crippen LogP) is 4.56. The van der Waals surface area contributed by atoms with Crippen LogP contribution in [0.15, 0.2) is 23.0 Å². The van der Waals surface area contributed by atoms with Crippen LogP contribution in [0.2, 0.25) is 0 Å².